The van der Waals surface area contributed by atoms with Crippen molar-refractivity contribution in [3.8, 4) is 0 Å². The Balaban J connectivity index is 2.35. The van der Waals surface area contributed by atoms with Crippen molar-refractivity contribution in [1.82, 2.24) is 5.32 Å². The fourth-order valence-electron chi connectivity index (χ4n) is 0.806. The van der Waals surface area contributed by atoms with E-state index in [9.17, 15) is 0 Å². The Hall–Kier alpha value is -0.610. The van der Waals surface area contributed by atoms with E-state index in [1.807, 2.05) is 0 Å². The zero-order chi connectivity index (χ0) is 7.23. The molecule has 0 amide bonds. The summed E-state index contributed by atoms with van der Waals surface area (Å²) >= 11 is 0. The standard InChI is InChI=1S/C6H12N2O2/c1-9-8-6-4-7-2-3-10-5-6/h7H,2-5H2,1H3/b8-6+. The van der Waals surface area contributed by atoms with Crippen molar-refractivity contribution in [3.05, 3.63) is 0 Å². The lowest BCUT2D eigenvalue weighted by Gasteiger charge is -1.98. The second kappa shape index (κ2) is 4.24. The van der Waals surface area contributed by atoms with Crippen molar-refractivity contribution in [3.63, 3.8) is 0 Å². The number of ether oxygens (including phenoxy) is 1. The summed E-state index contributed by atoms with van der Waals surface area (Å²) in [6, 6.07) is 0. The molecule has 58 valence electrons. The van der Waals surface area contributed by atoms with Crippen molar-refractivity contribution in [2.75, 3.05) is 33.4 Å². The maximum absolute atomic E-state index is 5.19. The fraction of sp³-hybridized carbons (Fsp3) is 0.833. The van der Waals surface area contributed by atoms with Crippen LogP contribution >= 0.6 is 0 Å². The first-order chi connectivity index (χ1) is 4.93. The Morgan fingerprint density at radius 1 is 1.70 bits per heavy atom. The molecule has 0 bridgehead atoms. The molecule has 4 heteroatoms. The van der Waals surface area contributed by atoms with E-state index < -0.39 is 0 Å². The average Bonchev–Trinajstić information content (AvgIpc) is 2.17. The molecule has 1 heterocycles. The van der Waals surface area contributed by atoms with E-state index in [4.69, 9.17) is 4.74 Å². The maximum atomic E-state index is 5.19. The van der Waals surface area contributed by atoms with Gasteiger partial charge in [-0.05, 0) is 0 Å². The molecule has 1 aliphatic heterocycles. The lowest BCUT2D eigenvalue weighted by atomic mass is 10.4. The van der Waals surface area contributed by atoms with Crippen molar-refractivity contribution in [1.29, 1.82) is 0 Å². The van der Waals surface area contributed by atoms with Crippen LogP contribution in [0.4, 0.5) is 0 Å². The number of hydrogen-bond donors (Lipinski definition) is 1. The summed E-state index contributed by atoms with van der Waals surface area (Å²) in [6.45, 7) is 3.00. The van der Waals surface area contributed by atoms with Crippen LogP contribution in [0.1, 0.15) is 0 Å². The fourth-order valence-corrected chi connectivity index (χ4v) is 0.806. The van der Waals surface area contributed by atoms with Crippen LogP contribution in [-0.2, 0) is 9.57 Å². The minimum atomic E-state index is 0.584. The van der Waals surface area contributed by atoms with Crippen LogP contribution in [0.5, 0.6) is 0 Å². The van der Waals surface area contributed by atoms with Crippen LogP contribution in [0.2, 0.25) is 0 Å². The molecule has 1 aliphatic rings. The van der Waals surface area contributed by atoms with Crippen LogP contribution in [0.15, 0.2) is 5.16 Å². The molecular formula is C6H12N2O2. The van der Waals surface area contributed by atoms with Crippen LogP contribution in [0, 0.1) is 0 Å². The van der Waals surface area contributed by atoms with Gasteiger partial charge in [0.05, 0.1) is 18.9 Å². The minimum absolute atomic E-state index is 0.584. The SMILES string of the molecule is CO/N=C1\CNCCOC1. The molecule has 1 rings (SSSR count). The van der Waals surface area contributed by atoms with Gasteiger partial charge in [0.25, 0.3) is 0 Å². The molecule has 0 radical (unpaired) electrons. The number of rotatable bonds is 1. The Morgan fingerprint density at radius 3 is 3.40 bits per heavy atom. The molecule has 0 aromatic carbocycles. The molecule has 0 aliphatic carbocycles. The number of oxime groups is 1. The van der Waals surface area contributed by atoms with E-state index in [0.29, 0.717) is 6.61 Å². The van der Waals surface area contributed by atoms with E-state index in [1.165, 1.54) is 7.11 Å². The topological polar surface area (TPSA) is 42.8 Å². The molecule has 0 saturated carbocycles. The van der Waals surface area contributed by atoms with Gasteiger partial charge >= 0.3 is 0 Å². The molecule has 10 heavy (non-hydrogen) atoms. The molecule has 1 fully saturated rings. The number of nitrogens with one attached hydrogen (secondary N) is 1. The first-order valence-electron chi connectivity index (χ1n) is 3.31. The van der Waals surface area contributed by atoms with Gasteiger partial charge < -0.3 is 14.9 Å². The summed E-state index contributed by atoms with van der Waals surface area (Å²) in [6.07, 6.45) is 0. The highest BCUT2D eigenvalue weighted by molar-refractivity contribution is 5.87. The van der Waals surface area contributed by atoms with Crippen molar-refractivity contribution < 1.29 is 9.57 Å². The second-order valence-corrected chi connectivity index (χ2v) is 2.07. The van der Waals surface area contributed by atoms with Crippen LogP contribution in [-0.4, -0.2) is 39.1 Å². The summed E-state index contributed by atoms with van der Waals surface area (Å²) in [5, 5.41) is 6.92. The normalized spacial score (nSPS) is 24.3. The second-order valence-electron chi connectivity index (χ2n) is 2.07. The van der Waals surface area contributed by atoms with Crippen LogP contribution in [0.25, 0.3) is 0 Å². The Morgan fingerprint density at radius 2 is 2.60 bits per heavy atom. The summed E-state index contributed by atoms with van der Waals surface area (Å²) in [7, 11) is 1.54. The minimum Gasteiger partial charge on any atom is -0.399 e. The van der Waals surface area contributed by atoms with Gasteiger partial charge in [-0.1, -0.05) is 5.16 Å². The molecular weight excluding hydrogens is 132 g/mol. The molecule has 1 N–H and O–H groups in total. The first kappa shape index (κ1) is 7.50. The van der Waals surface area contributed by atoms with Crippen molar-refractivity contribution in [2.45, 2.75) is 0 Å². The Labute approximate surface area is 60.2 Å². The van der Waals surface area contributed by atoms with Gasteiger partial charge in [0.15, 0.2) is 0 Å². The third-order valence-corrected chi connectivity index (χ3v) is 1.24. The highest BCUT2D eigenvalue weighted by atomic mass is 16.6. The predicted octanol–water partition coefficient (Wildman–Crippen LogP) is -0.391. The highest BCUT2D eigenvalue weighted by Gasteiger charge is 2.04. The van der Waals surface area contributed by atoms with E-state index in [2.05, 4.69) is 15.3 Å². The van der Waals surface area contributed by atoms with Crippen LogP contribution in [0.3, 0.4) is 0 Å². The summed E-state index contributed by atoms with van der Waals surface area (Å²) < 4.78 is 5.19. The predicted molar refractivity (Wildman–Crippen MR) is 38.1 cm³/mol. The molecule has 0 unspecified atom stereocenters. The lowest BCUT2D eigenvalue weighted by molar-refractivity contribution is 0.172. The number of hydrogen-bond acceptors (Lipinski definition) is 4. The zero-order valence-electron chi connectivity index (χ0n) is 6.09. The van der Waals surface area contributed by atoms with Gasteiger partial charge in [-0.15, -0.1) is 0 Å². The number of nitrogens with zero attached hydrogens (tertiary/aromatic N) is 1. The van der Waals surface area contributed by atoms with Gasteiger partial charge in [-0.25, -0.2) is 0 Å². The van der Waals surface area contributed by atoms with Gasteiger partial charge in [-0.2, -0.15) is 0 Å². The lowest BCUT2D eigenvalue weighted by Crippen LogP contribution is -2.22. The van der Waals surface area contributed by atoms with Crippen LogP contribution < -0.4 is 5.32 Å². The van der Waals surface area contributed by atoms with E-state index in [1.54, 1.807) is 0 Å². The molecule has 0 aromatic rings. The summed E-state index contributed by atoms with van der Waals surface area (Å²) in [4.78, 5) is 4.60. The third-order valence-electron chi connectivity index (χ3n) is 1.24. The maximum Gasteiger partial charge on any atom is 0.106 e. The molecule has 1 saturated heterocycles. The zero-order valence-corrected chi connectivity index (χ0v) is 6.09. The van der Waals surface area contributed by atoms with Gasteiger partial charge in [0.2, 0.25) is 0 Å². The van der Waals surface area contributed by atoms with E-state index in [-0.39, 0.29) is 0 Å². The van der Waals surface area contributed by atoms with Crippen molar-refractivity contribution >= 4 is 5.71 Å². The average molecular weight is 144 g/mol. The quantitative estimate of drug-likeness (QED) is 0.510. The molecule has 4 nitrogen and oxygen atoms in total. The van der Waals surface area contributed by atoms with Gasteiger partial charge in [0, 0.05) is 13.1 Å². The first-order valence-corrected chi connectivity index (χ1v) is 3.31. The molecule has 0 atom stereocenters. The molecule has 0 aromatic heterocycles. The van der Waals surface area contributed by atoms with Gasteiger partial charge in [0.1, 0.15) is 7.11 Å². The largest absolute Gasteiger partial charge is 0.399 e. The smallest absolute Gasteiger partial charge is 0.106 e. The Kier molecular flexibility index (Phi) is 3.18. The summed E-state index contributed by atoms with van der Waals surface area (Å²) in [5.74, 6) is 0. The van der Waals surface area contributed by atoms with Crippen molar-refractivity contribution in [2.24, 2.45) is 5.16 Å². The monoisotopic (exact) mass is 144 g/mol. The Bertz CT molecular complexity index is 115. The highest BCUT2D eigenvalue weighted by Crippen LogP contribution is 1.86. The third kappa shape index (κ3) is 2.33. The van der Waals surface area contributed by atoms with E-state index >= 15 is 0 Å². The molecule has 0 spiro atoms. The van der Waals surface area contributed by atoms with E-state index in [0.717, 1.165) is 25.4 Å². The summed E-state index contributed by atoms with van der Waals surface area (Å²) in [5.41, 5.74) is 0.917. The van der Waals surface area contributed by atoms with Gasteiger partial charge in [-0.3, -0.25) is 0 Å².